The lowest BCUT2D eigenvalue weighted by molar-refractivity contribution is 0.484. The fourth-order valence-corrected chi connectivity index (χ4v) is 2.37. The number of rotatable bonds is 6. The summed E-state index contributed by atoms with van der Waals surface area (Å²) in [7, 11) is -3.60. The topological polar surface area (TPSA) is 72.2 Å². The number of primary sulfonamides is 1. The molecule has 0 bridgehead atoms. The van der Waals surface area contributed by atoms with E-state index in [1.54, 1.807) is 12.1 Å². The molecule has 2 atom stereocenters. The normalized spacial score (nSPS) is 15.1. The summed E-state index contributed by atoms with van der Waals surface area (Å²) in [4.78, 5) is 0.141. The third kappa shape index (κ3) is 4.66. The predicted molar refractivity (Wildman–Crippen MR) is 75.0 cm³/mol. The van der Waals surface area contributed by atoms with Crippen LogP contribution in [0.15, 0.2) is 29.2 Å². The third-order valence-electron chi connectivity index (χ3n) is 3.05. The van der Waals surface area contributed by atoms with Gasteiger partial charge in [-0.05, 0) is 43.5 Å². The maximum absolute atomic E-state index is 11.1. The molecule has 102 valence electrons. The summed E-state index contributed by atoms with van der Waals surface area (Å²) in [6.45, 7) is 6.53. The summed E-state index contributed by atoms with van der Waals surface area (Å²) >= 11 is 0. The van der Waals surface area contributed by atoms with Crippen LogP contribution in [-0.4, -0.2) is 14.5 Å². The van der Waals surface area contributed by atoms with E-state index in [1.165, 1.54) is 12.1 Å². The Morgan fingerprint density at radius 3 is 2.22 bits per heavy atom. The lowest BCUT2D eigenvalue weighted by Gasteiger charge is -2.18. The Balaban J connectivity index is 2.64. The zero-order chi connectivity index (χ0) is 13.8. The number of nitrogens with one attached hydrogen (secondary N) is 1. The first-order chi connectivity index (χ1) is 8.32. The molecule has 2 unspecified atom stereocenters. The van der Waals surface area contributed by atoms with Gasteiger partial charge in [-0.15, -0.1) is 0 Å². The number of hydrogen-bond donors (Lipinski definition) is 2. The SMILES string of the molecule is CCC(C)CC(C)Nc1ccc(S(N)(=O)=O)cc1. The maximum Gasteiger partial charge on any atom is 0.238 e. The van der Waals surface area contributed by atoms with Crippen molar-refractivity contribution in [3.8, 4) is 0 Å². The molecule has 3 N–H and O–H groups in total. The Labute approximate surface area is 110 Å². The lowest BCUT2D eigenvalue weighted by atomic mass is 10.0. The monoisotopic (exact) mass is 270 g/mol. The van der Waals surface area contributed by atoms with E-state index in [9.17, 15) is 8.42 Å². The molecule has 0 aliphatic rings. The van der Waals surface area contributed by atoms with Crippen LogP contribution in [0.2, 0.25) is 0 Å². The van der Waals surface area contributed by atoms with Crippen molar-refractivity contribution in [2.75, 3.05) is 5.32 Å². The first-order valence-electron chi connectivity index (χ1n) is 6.22. The molecular weight excluding hydrogens is 248 g/mol. The maximum atomic E-state index is 11.1. The average molecular weight is 270 g/mol. The van der Waals surface area contributed by atoms with E-state index in [1.807, 2.05) is 0 Å². The van der Waals surface area contributed by atoms with Gasteiger partial charge < -0.3 is 5.32 Å². The number of anilines is 1. The summed E-state index contributed by atoms with van der Waals surface area (Å²) < 4.78 is 22.2. The van der Waals surface area contributed by atoms with E-state index in [0.29, 0.717) is 12.0 Å². The predicted octanol–water partition coefficient (Wildman–Crippen LogP) is 2.57. The molecule has 0 amide bonds. The van der Waals surface area contributed by atoms with Gasteiger partial charge in [-0.3, -0.25) is 0 Å². The van der Waals surface area contributed by atoms with Crippen LogP contribution in [0.1, 0.15) is 33.6 Å². The van der Waals surface area contributed by atoms with Crippen molar-refractivity contribution in [2.24, 2.45) is 11.1 Å². The van der Waals surface area contributed by atoms with Gasteiger partial charge in [0.05, 0.1) is 4.90 Å². The molecule has 0 spiro atoms. The van der Waals surface area contributed by atoms with Crippen LogP contribution in [0, 0.1) is 5.92 Å². The molecule has 0 fully saturated rings. The van der Waals surface area contributed by atoms with Gasteiger partial charge >= 0.3 is 0 Å². The van der Waals surface area contributed by atoms with Crippen molar-refractivity contribution in [1.82, 2.24) is 0 Å². The third-order valence-corrected chi connectivity index (χ3v) is 3.98. The molecule has 1 rings (SSSR count). The number of nitrogens with two attached hydrogens (primary N) is 1. The summed E-state index contributed by atoms with van der Waals surface area (Å²) in [5, 5.41) is 8.39. The largest absolute Gasteiger partial charge is 0.383 e. The zero-order valence-electron chi connectivity index (χ0n) is 11.2. The molecule has 0 aromatic heterocycles. The molecule has 5 heteroatoms. The van der Waals surface area contributed by atoms with E-state index < -0.39 is 10.0 Å². The van der Waals surface area contributed by atoms with E-state index in [-0.39, 0.29) is 4.90 Å². The highest BCUT2D eigenvalue weighted by atomic mass is 32.2. The molecule has 1 aromatic rings. The Bertz CT molecular complexity index is 468. The lowest BCUT2D eigenvalue weighted by Crippen LogP contribution is -2.18. The van der Waals surface area contributed by atoms with Crippen LogP contribution in [0.4, 0.5) is 5.69 Å². The van der Waals surface area contributed by atoms with E-state index in [0.717, 1.165) is 18.5 Å². The fourth-order valence-electron chi connectivity index (χ4n) is 1.85. The fraction of sp³-hybridized carbons (Fsp3) is 0.538. The molecule has 0 saturated heterocycles. The van der Waals surface area contributed by atoms with Gasteiger partial charge in [0.2, 0.25) is 10.0 Å². The van der Waals surface area contributed by atoms with Gasteiger partial charge in [-0.25, -0.2) is 13.6 Å². The van der Waals surface area contributed by atoms with Gasteiger partial charge in [-0.1, -0.05) is 20.3 Å². The van der Waals surface area contributed by atoms with Crippen molar-refractivity contribution < 1.29 is 8.42 Å². The van der Waals surface area contributed by atoms with Gasteiger partial charge in [-0.2, -0.15) is 0 Å². The highest BCUT2D eigenvalue weighted by Crippen LogP contribution is 2.17. The molecule has 0 aliphatic carbocycles. The minimum absolute atomic E-state index is 0.141. The summed E-state index contributed by atoms with van der Waals surface area (Å²) in [5.41, 5.74) is 0.915. The van der Waals surface area contributed by atoms with E-state index in [2.05, 4.69) is 26.1 Å². The van der Waals surface area contributed by atoms with Crippen molar-refractivity contribution in [1.29, 1.82) is 0 Å². The van der Waals surface area contributed by atoms with Crippen molar-refractivity contribution in [3.63, 3.8) is 0 Å². The molecule has 18 heavy (non-hydrogen) atoms. The molecule has 0 saturated carbocycles. The van der Waals surface area contributed by atoms with Crippen LogP contribution in [-0.2, 0) is 10.0 Å². The Morgan fingerprint density at radius 1 is 1.22 bits per heavy atom. The van der Waals surface area contributed by atoms with Gasteiger partial charge in [0.1, 0.15) is 0 Å². The Hall–Kier alpha value is -1.07. The smallest absolute Gasteiger partial charge is 0.238 e. The highest BCUT2D eigenvalue weighted by Gasteiger charge is 2.09. The van der Waals surface area contributed by atoms with Gasteiger partial charge in [0.15, 0.2) is 0 Å². The minimum atomic E-state index is -3.60. The Kier molecular flexibility index (Phi) is 5.16. The Morgan fingerprint density at radius 2 is 1.78 bits per heavy atom. The van der Waals surface area contributed by atoms with Crippen LogP contribution in [0.5, 0.6) is 0 Å². The van der Waals surface area contributed by atoms with E-state index >= 15 is 0 Å². The van der Waals surface area contributed by atoms with Crippen molar-refractivity contribution >= 4 is 15.7 Å². The standard InChI is InChI=1S/C13H22N2O2S/c1-4-10(2)9-11(3)15-12-5-7-13(8-6-12)18(14,16)17/h5-8,10-11,15H,4,9H2,1-3H3,(H2,14,16,17). The molecule has 4 nitrogen and oxygen atoms in total. The molecule has 0 heterocycles. The first-order valence-corrected chi connectivity index (χ1v) is 7.77. The average Bonchev–Trinajstić information content (AvgIpc) is 2.28. The second-order valence-electron chi connectivity index (χ2n) is 4.86. The summed E-state index contributed by atoms with van der Waals surface area (Å²) in [6.07, 6.45) is 2.25. The highest BCUT2D eigenvalue weighted by molar-refractivity contribution is 7.89. The summed E-state index contributed by atoms with van der Waals surface area (Å²) in [6, 6.07) is 6.89. The number of hydrogen-bond acceptors (Lipinski definition) is 3. The number of benzene rings is 1. The second-order valence-corrected chi connectivity index (χ2v) is 6.43. The quantitative estimate of drug-likeness (QED) is 0.834. The molecule has 1 aromatic carbocycles. The molecule has 0 aliphatic heterocycles. The van der Waals surface area contributed by atoms with Crippen molar-refractivity contribution in [2.45, 2.75) is 44.6 Å². The van der Waals surface area contributed by atoms with Gasteiger partial charge in [0, 0.05) is 11.7 Å². The summed E-state index contributed by atoms with van der Waals surface area (Å²) in [5.74, 6) is 0.677. The molecule has 0 radical (unpaired) electrons. The first kappa shape index (κ1) is 15.0. The van der Waals surface area contributed by atoms with Crippen LogP contribution < -0.4 is 10.5 Å². The molecular formula is C13H22N2O2S. The van der Waals surface area contributed by atoms with Gasteiger partial charge in [0.25, 0.3) is 0 Å². The van der Waals surface area contributed by atoms with Crippen LogP contribution in [0.25, 0.3) is 0 Å². The van der Waals surface area contributed by atoms with Crippen LogP contribution >= 0.6 is 0 Å². The minimum Gasteiger partial charge on any atom is -0.383 e. The van der Waals surface area contributed by atoms with Crippen molar-refractivity contribution in [3.05, 3.63) is 24.3 Å². The second kappa shape index (κ2) is 6.20. The zero-order valence-corrected chi connectivity index (χ0v) is 12.0. The number of sulfonamides is 1. The van der Waals surface area contributed by atoms with E-state index in [4.69, 9.17) is 5.14 Å². The van der Waals surface area contributed by atoms with Crippen LogP contribution in [0.3, 0.4) is 0 Å².